The monoisotopic (exact) mass is 1390 g/mol. The average molecular weight is 1390 g/mol. The molecule has 0 aliphatic carbocycles. The molecule has 10 rings (SSSR count). The first-order valence-electron chi connectivity index (χ1n) is 31.7. The second kappa shape index (κ2) is 35.2. The molecule has 8 nitrogen and oxygen atoms in total. The molecule has 2 aromatic heterocycles. The van der Waals surface area contributed by atoms with Crippen molar-refractivity contribution in [3.05, 3.63) is 249 Å². The van der Waals surface area contributed by atoms with E-state index in [1.54, 1.807) is 0 Å². The van der Waals surface area contributed by atoms with Crippen LogP contribution in [0.25, 0.3) is 21.8 Å². The number of para-hydroxylation sites is 6. The van der Waals surface area contributed by atoms with E-state index in [1.807, 2.05) is 33.9 Å². The second-order valence-corrected chi connectivity index (χ2v) is 28.9. The summed E-state index contributed by atoms with van der Waals surface area (Å²) < 4.78 is 4.01. The summed E-state index contributed by atoms with van der Waals surface area (Å²) in [4.78, 5) is 21.2. The van der Waals surface area contributed by atoms with Crippen molar-refractivity contribution in [3.8, 4) is 0 Å². The zero-order chi connectivity index (χ0) is 66.8. The summed E-state index contributed by atoms with van der Waals surface area (Å²) >= 11 is 0.389. The molecule has 0 radical (unpaired) electrons. The van der Waals surface area contributed by atoms with Crippen molar-refractivity contribution >= 4 is 109 Å². The molecule has 2 heterocycles. The molecule has 0 unspecified atom stereocenters. The molecule has 92 heavy (non-hydrogen) atoms. The number of hydrogen-bond donors (Lipinski definition) is 0. The van der Waals surface area contributed by atoms with Crippen molar-refractivity contribution in [1.29, 1.82) is 0 Å². The van der Waals surface area contributed by atoms with Crippen LogP contribution in [0, 0.1) is 0 Å². The molecule has 14 heteroatoms. The van der Waals surface area contributed by atoms with Gasteiger partial charge in [0.2, 0.25) is 0 Å². The van der Waals surface area contributed by atoms with E-state index in [0.717, 1.165) is 78.7 Å². The van der Waals surface area contributed by atoms with Gasteiger partial charge in [-0.3, -0.25) is 9.98 Å². The minimum atomic E-state index is 0.194. The molecule has 0 aliphatic heterocycles. The van der Waals surface area contributed by atoms with Crippen molar-refractivity contribution in [1.82, 2.24) is 19.6 Å². The van der Waals surface area contributed by atoms with Crippen molar-refractivity contribution in [3.63, 3.8) is 0 Å². The minimum absolute atomic E-state index is 0.194. The fourth-order valence-corrected chi connectivity index (χ4v) is 11.4. The van der Waals surface area contributed by atoms with Gasteiger partial charge >= 0.3 is 66.7 Å². The van der Waals surface area contributed by atoms with E-state index >= 15 is 0 Å². The molecule has 10 aromatic rings. The van der Waals surface area contributed by atoms with Crippen molar-refractivity contribution in [2.45, 2.75) is 158 Å². The predicted octanol–water partition coefficient (Wildman–Crippen LogP) is 24.6. The SMILES string of the molecule is CC(C)c1cccc(C(C)C)c1N=Cc1nn(C(=Nc2c(C(C)C)cccc2C(C)C)c2ccccc2)c2ccccc12.CC(C)c1cccc(C(C)C)c1N=Cc1nn(C(=Nc2c(C(C)C)cccc2C(C)C)c2ccccc2)c2ccccc12.[Cl][Fe][Cl].[Cl][Fe][Cl]. The zero-order valence-corrected chi connectivity index (χ0v) is 61.1. The summed E-state index contributed by atoms with van der Waals surface area (Å²) in [6.07, 6.45) is 3.88. The van der Waals surface area contributed by atoms with Crippen LogP contribution in [0.15, 0.2) is 202 Å². The Morgan fingerprint density at radius 1 is 0.315 bits per heavy atom. The fourth-order valence-electron chi connectivity index (χ4n) is 11.4. The van der Waals surface area contributed by atoms with E-state index in [2.05, 4.69) is 281 Å². The number of fused-ring (bicyclic) bond motifs is 2. The van der Waals surface area contributed by atoms with Gasteiger partial charge in [0.1, 0.15) is 11.4 Å². The molecule has 8 aromatic carbocycles. The van der Waals surface area contributed by atoms with Gasteiger partial charge in [0, 0.05) is 21.9 Å². The Kier molecular flexibility index (Phi) is 27.9. The van der Waals surface area contributed by atoms with Crippen LogP contribution >= 0.6 is 40.4 Å². The van der Waals surface area contributed by atoms with Crippen molar-refractivity contribution in [2.75, 3.05) is 0 Å². The van der Waals surface area contributed by atoms with Gasteiger partial charge in [-0.25, -0.2) is 19.3 Å². The fraction of sp³-hybridized carbons (Fsp3) is 0.308. The normalized spacial score (nSPS) is 12.3. The summed E-state index contributed by atoms with van der Waals surface area (Å²) in [5, 5.41) is 12.5. The average Bonchev–Trinajstić information content (AvgIpc) is 1.59. The van der Waals surface area contributed by atoms with Gasteiger partial charge in [-0.05, 0) is 104 Å². The van der Waals surface area contributed by atoms with Gasteiger partial charge in [-0.2, -0.15) is 10.2 Å². The van der Waals surface area contributed by atoms with E-state index in [4.69, 9.17) is 70.6 Å². The van der Waals surface area contributed by atoms with Crippen LogP contribution in [-0.2, 0) is 26.3 Å². The summed E-state index contributed by atoms with van der Waals surface area (Å²) in [7, 11) is 19.1. The van der Waals surface area contributed by atoms with Gasteiger partial charge in [0.05, 0.1) is 46.2 Å². The number of aromatic nitrogens is 4. The van der Waals surface area contributed by atoms with Crippen molar-refractivity contribution in [2.24, 2.45) is 20.0 Å². The zero-order valence-electron chi connectivity index (χ0n) is 55.9. The molecule has 0 bridgehead atoms. The summed E-state index contributed by atoms with van der Waals surface area (Å²) in [6, 6.07) is 63.8. The first-order chi connectivity index (χ1) is 44.2. The number of benzene rings is 8. The molecular formula is C78H88Cl4Fe2N8. The van der Waals surface area contributed by atoms with E-state index in [-0.39, 0.29) is 26.3 Å². The molecule has 0 saturated carbocycles. The number of aliphatic imine (C=N–C) groups is 4. The van der Waals surface area contributed by atoms with Crippen molar-refractivity contribution < 1.29 is 26.3 Å². The van der Waals surface area contributed by atoms with Gasteiger partial charge in [0.25, 0.3) is 0 Å². The van der Waals surface area contributed by atoms with Crippen LogP contribution in [0.5, 0.6) is 0 Å². The third-order valence-electron chi connectivity index (χ3n) is 16.1. The van der Waals surface area contributed by atoms with E-state index < -0.39 is 0 Å². The van der Waals surface area contributed by atoms with Gasteiger partial charge in [-0.1, -0.05) is 281 Å². The first-order valence-corrected chi connectivity index (χ1v) is 37.8. The number of hydrogen-bond acceptors (Lipinski definition) is 6. The molecule has 0 saturated heterocycles. The summed E-state index contributed by atoms with van der Waals surface area (Å²) in [5.74, 6) is 4.42. The standard InChI is InChI=1S/2C39H44N4.4ClH.2Fe/c2*1-25(2)30-19-14-20-31(26(3)4)37(30)40-24-35-34-18-12-13-23-36(34)43(42-35)39(29-16-10-9-11-17-29)41-38-32(27(5)6)21-15-22-33(38)28(7)8;;;;;;/h2*9-28H,1-8H3;4*1H;;/q;;;;;;2*+2/p-4. The van der Waals surface area contributed by atoms with Crippen LogP contribution in [-0.4, -0.2) is 43.7 Å². The number of rotatable bonds is 16. The molecule has 0 amide bonds. The third kappa shape index (κ3) is 18.1. The van der Waals surface area contributed by atoms with Crippen LogP contribution in [0.1, 0.15) is 225 Å². The third-order valence-corrected chi connectivity index (χ3v) is 16.1. The van der Waals surface area contributed by atoms with E-state index in [9.17, 15) is 0 Å². The number of halogens is 4. The Bertz CT molecular complexity index is 3770. The van der Waals surface area contributed by atoms with Gasteiger partial charge < -0.3 is 0 Å². The van der Waals surface area contributed by atoms with Gasteiger partial charge in [0.15, 0.2) is 11.7 Å². The maximum absolute atomic E-state index is 5.47. The van der Waals surface area contributed by atoms with E-state index in [0.29, 0.717) is 47.3 Å². The summed E-state index contributed by atoms with van der Waals surface area (Å²) in [5.41, 5.74) is 19.8. The van der Waals surface area contributed by atoms with Crippen LogP contribution in [0.2, 0.25) is 0 Å². The number of nitrogens with zero attached hydrogens (tertiary/aromatic N) is 8. The molecule has 484 valence electrons. The molecule has 0 N–H and O–H groups in total. The molecule has 0 atom stereocenters. The summed E-state index contributed by atoms with van der Waals surface area (Å²) in [6.45, 7) is 35.7. The Morgan fingerprint density at radius 3 is 0.793 bits per heavy atom. The van der Waals surface area contributed by atoms with Crippen LogP contribution < -0.4 is 0 Å². The van der Waals surface area contributed by atoms with Crippen LogP contribution in [0.4, 0.5) is 22.7 Å². The Balaban J connectivity index is 0.000000241. The molecule has 0 aliphatic rings. The molecular weight excluding hydrogens is 1300 g/mol. The van der Waals surface area contributed by atoms with Crippen LogP contribution in [0.3, 0.4) is 0 Å². The molecule has 0 spiro atoms. The second-order valence-electron chi connectivity index (χ2n) is 25.2. The quantitative estimate of drug-likeness (QED) is 0.0548. The predicted molar refractivity (Wildman–Crippen MR) is 392 cm³/mol. The molecule has 0 fully saturated rings. The topological polar surface area (TPSA) is 85.1 Å². The Hall–Kier alpha value is -6.42. The Labute approximate surface area is 577 Å². The van der Waals surface area contributed by atoms with Gasteiger partial charge in [-0.15, -0.1) is 0 Å². The van der Waals surface area contributed by atoms with E-state index in [1.165, 1.54) is 44.5 Å². The maximum atomic E-state index is 5.47. The first kappa shape index (κ1) is 73.0. The Morgan fingerprint density at radius 2 is 0.543 bits per heavy atom.